The van der Waals surface area contributed by atoms with Crippen molar-refractivity contribution < 1.29 is 23.9 Å². The third kappa shape index (κ3) is 7.62. The maximum atomic E-state index is 9.75. The Labute approximate surface area is 52.2 Å². The van der Waals surface area contributed by atoms with E-state index in [0.29, 0.717) is 0 Å². The van der Waals surface area contributed by atoms with Crippen LogP contribution in [0.25, 0.3) is 0 Å². The molecule has 2 N–H and O–H groups in total. The first-order valence-corrected chi connectivity index (χ1v) is 3.47. The molecule has 54 valence electrons. The lowest BCUT2D eigenvalue weighted by molar-refractivity contribution is -0.137. The molecule has 0 aromatic heterocycles. The van der Waals surface area contributed by atoms with E-state index in [4.69, 9.17) is 10.00 Å². The number of carboxylic acid groups (broad SMARTS) is 1. The van der Waals surface area contributed by atoms with Gasteiger partial charge in [0.15, 0.2) is 0 Å². The quantitative estimate of drug-likeness (QED) is 0.550. The molecule has 0 saturated carbocycles. The first kappa shape index (κ1) is 8.62. The SMILES string of the molecule is O=C(O)CCO[PH](=O)O. The predicted octanol–water partition coefficient (Wildman–Crippen LogP) is -0.140. The lowest BCUT2D eigenvalue weighted by Crippen LogP contribution is -1.98. The first-order valence-electron chi connectivity index (χ1n) is 2.20. The lowest BCUT2D eigenvalue weighted by atomic mass is 10.5. The maximum Gasteiger partial charge on any atom is 0.316 e. The van der Waals surface area contributed by atoms with Crippen molar-refractivity contribution >= 4 is 14.2 Å². The van der Waals surface area contributed by atoms with Gasteiger partial charge < -0.3 is 14.5 Å². The van der Waals surface area contributed by atoms with Crippen molar-refractivity contribution in [1.82, 2.24) is 0 Å². The lowest BCUT2D eigenvalue weighted by Gasteiger charge is -1.93. The molecule has 1 unspecified atom stereocenters. The van der Waals surface area contributed by atoms with E-state index < -0.39 is 14.2 Å². The molecule has 0 amide bonds. The number of hydrogen-bond acceptors (Lipinski definition) is 3. The van der Waals surface area contributed by atoms with E-state index in [9.17, 15) is 9.36 Å². The van der Waals surface area contributed by atoms with Crippen LogP contribution in [0, 0.1) is 0 Å². The molecule has 0 spiro atoms. The Morgan fingerprint density at radius 2 is 2.22 bits per heavy atom. The number of aliphatic carboxylic acids is 1. The molecule has 0 rings (SSSR count). The zero-order valence-corrected chi connectivity index (χ0v) is 5.53. The van der Waals surface area contributed by atoms with Crippen molar-refractivity contribution in [1.29, 1.82) is 0 Å². The molecule has 0 aliphatic heterocycles. The molecule has 0 fully saturated rings. The topological polar surface area (TPSA) is 83.8 Å². The molecule has 0 bridgehead atoms. The van der Waals surface area contributed by atoms with E-state index in [1.807, 2.05) is 0 Å². The van der Waals surface area contributed by atoms with Crippen LogP contribution >= 0.6 is 8.25 Å². The third-order valence-corrected chi connectivity index (χ3v) is 0.993. The van der Waals surface area contributed by atoms with Crippen LogP contribution in [0.2, 0.25) is 0 Å². The molecule has 0 aromatic rings. The van der Waals surface area contributed by atoms with Gasteiger partial charge in [-0.15, -0.1) is 0 Å². The Balaban J connectivity index is 3.10. The summed E-state index contributed by atoms with van der Waals surface area (Å²) in [6.07, 6.45) is -0.239. The average molecular weight is 154 g/mol. The summed E-state index contributed by atoms with van der Waals surface area (Å²) in [6.45, 7) is -0.205. The van der Waals surface area contributed by atoms with Gasteiger partial charge in [-0.2, -0.15) is 0 Å². The van der Waals surface area contributed by atoms with Crippen LogP contribution in [0.15, 0.2) is 0 Å². The highest BCUT2D eigenvalue weighted by atomic mass is 31.1. The van der Waals surface area contributed by atoms with Crippen LogP contribution in [-0.4, -0.2) is 22.6 Å². The summed E-state index contributed by atoms with van der Waals surface area (Å²) in [5.41, 5.74) is 0. The second-order valence-corrected chi connectivity index (χ2v) is 2.08. The van der Waals surface area contributed by atoms with Gasteiger partial charge in [0.2, 0.25) is 0 Å². The molecule has 1 atom stereocenters. The number of carboxylic acids is 1. The highest BCUT2D eigenvalue weighted by Gasteiger charge is 1.97. The smallest absolute Gasteiger partial charge is 0.316 e. The second kappa shape index (κ2) is 4.49. The molecule has 0 heterocycles. The van der Waals surface area contributed by atoms with Gasteiger partial charge in [0.25, 0.3) is 0 Å². The van der Waals surface area contributed by atoms with Gasteiger partial charge in [-0.3, -0.25) is 9.36 Å². The van der Waals surface area contributed by atoms with Crippen molar-refractivity contribution in [2.24, 2.45) is 0 Å². The largest absolute Gasteiger partial charge is 0.481 e. The van der Waals surface area contributed by atoms with Gasteiger partial charge >= 0.3 is 14.2 Å². The summed E-state index contributed by atoms with van der Waals surface area (Å²) in [7, 11) is -2.94. The summed E-state index contributed by atoms with van der Waals surface area (Å²) in [4.78, 5) is 17.7. The van der Waals surface area contributed by atoms with Crippen molar-refractivity contribution in [3.63, 3.8) is 0 Å². The Morgan fingerprint density at radius 3 is 2.56 bits per heavy atom. The number of carbonyl (C=O) groups is 1. The number of rotatable bonds is 4. The highest BCUT2D eigenvalue weighted by Crippen LogP contribution is 2.13. The Morgan fingerprint density at radius 1 is 1.67 bits per heavy atom. The van der Waals surface area contributed by atoms with Crippen LogP contribution in [0.3, 0.4) is 0 Å². The first-order chi connectivity index (χ1) is 4.13. The maximum absolute atomic E-state index is 9.75. The minimum absolute atomic E-state index is 0.205. The van der Waals surface area contributed by atoms with E-state index in [1.54, 1.807) is 0 Å². The summed E-state index contributed by atoms with van der Waals surface area (Å²) in [5, 5.41) is 7.97. The zero-order chi connectivity index (χ0) is 7.28. The van der Waals surface area contributed by atoms with Gasteiger partial charge in [-0.1, -0.05) is 0 Å². The monoisotopic (exact) mass is 154 g/mol. The standard InChI is InChI=1S/C3H7O5P/c4-3(5)1-2-8-9(6)7/h9H,1-2H2,(H,4,5)(H,6,7). The van der Waals surface area contributed by atoms with Crippen LogP contribution < -0.4 is 0 Å². The molecular formula is C3H7O5P. The summed E-state index contributed by atoms with van der Waals surface area (Å²) < 4.78 is 13.8. The van der Waals surface area contributed by atoms with Crippen LogP contribution in [-0.2, 0) is 13.9 Å². The van der Waals surface area contributed by atoms with Crippen molar-refractivity contribution in [2.75, 3.05) is 6.61 Å². The fourth-order valence-electron chi connectivity index (χ4n) is 0.226. The van der Waals surface area contributed by atoms with E-state index >= 15 is 0 Å². The van der Waals surface area contributed by atoms with Gasteiger partial charge in [0.05, 0.1) is 13.0 Å². The fourth-order valence-corrected chi connectivity index (χ4v) is 0.502. The Bertz CT molecular complexity index is 107. The van der Waals surface area contributed by atoms with Crippen molar-refractivity contribution in [3.05, 3.63) is 0 Å². The minimum Gasteiger partial charge on any atom is -0.481 e. The third-order valence-electron chi connectivity index (χ3n) is 0.541. The average Bonchev–Trinajstić information content (AvgIpc) is 1.63. The predicted molar refractivity (Wildman–Crippen MR) is 29.4 cm³/mol. The zero-order valence-electron chi connectivity index (χ0n) is 4.53. The molecule has 0 aliphatic carbocycles. The minimum atomic E-state index is -2.94. The fraction of sp³-hybridized carbons (Fsp3) is 0.667. The Kier molecular flexibility index (Phi) is 4.30. The summed E-state index contributed by atoms with van der Waals surface area (Å²) in [5.74, 6) is -1.04. The molecule has 6 heteroatoms. The van der Waals surface area contributed by atoms with Gasteiger partial charge in [-0.05, 0) is 0 Å². The summed E-state index contributed by atoms with van der Waals surface area (Å²) >= 11 is 0. The van der Waals surface area contributed by atoms with Gasteiger partial charge in [-0.25, -0.2) is 0 Å². The van der Waals surface area contributed by atoms with E-state index in [-0.39, 0.29) is 13.0 Å². The molecular weight excluding hydrogens is 147 g/mol. The molecule has 5 nitrogen and oxygen atoms in total. The highest BCUT2D eigenvalue weighted by molar-refractivity contribution is 7.32. The number of hydrogen-bond donors (Lipinski definition) is 2. The van der Waals surface area contributed by atoms with Gasteiger partial charge in [0, 0.05) is 0 Å². The van der Waals surface area contributed by atoms with Crippen LogP contribution in [0.1, 0.15) is 6.42 Å². The van der Waals surface area contributed by atoms with Crippen molar-refractivity contribution in [2.45, 2.75) is 6.42 Å². The summed E-state index contributed by atoms with van der Waals surface area (Å²) in [6, 6.07) is 0. The van der Waals surface area contributed by atoms with Gasteiger partial charge in [0.1, 0.15) is 0 Å². The Hall–Kier alpha value is -0.380. The molecule has 0 aliphatic rings. The van der Waals surface area contributed by atoms with E-state index in [1.165, 1.54) is 0 Å². The second-order valence-electron chi connectivity index (χ2n) is 1.26. The molecule has 9 heavy (non-hydrogen) atoms. The van der Waals surface area contributed by atoms with Crippen LogP contribution in [0.5, 0.6) is 0 Å². The van der Waals surface area contributed by atoms with E-state index in [0.717, 1.165) is 0 Å². The molecule has 0 radical (unpaired) electrons. The van der Waals surface area contributed by atoms with Crippen LogP contribution in [0.4, 0.5) is 0 Å². The molecule has 0 saturated heterocycles. The van der Waals surface area contributed by atoms with Crippen molar-refractivity contribution in [3.8, 4) is 0 Å². The normalized spacial score (nSPS) is 13.0. The van der Waals surface area contributed by atoms with E-state index in [2.05, 4.69) is 4.52 Å². The molecule has 0 aromatic carbocycles.